The van der Waals surface area contributed by atoms with Gasteiger partial charge in [0.15, 0.2) is 0 Å². The normalized spacial score (nSPS) is 15.9. The molecule has 0 spiro atoms. The second-order valence-corrected chi connectivity index (χ2v) is 8.44. The molecule has 0 unspecified atom stereocenters. The van der Waals surface area contributed by atoms with Gasteiger partial charge in [0, 0.05) is 26.2 Å². The number of benzene rings is 2. The first-order chi connectivity index (χ1) is 12.3. The van der Waals surface area contributed by atoms with E-state index in [9.17, 15) is 17.6 Å². The number of sulfonamides is 1. The molecule has 0 saturated carbocycles. The summed E-state index contributed by atoms with van der Waals surface area (Å²) in [4.78, 5) is 14.0. The topological polar surface area (TPSA) is 57.7 Å². The van der Waals surface area contributed by atoms with Crippen molar-refractivity contribution >= 4 is 39.1 Å². The molecule has 2 aromatic carbocycles. The van der Waals surface area contributed by atoms with Crippen LogP contribution in [0.4, 0.5) is 4.39 Å². The van der Waals surface area contributed by atoms with Crippen molar-refractivity contribution < 1.29 is 17.6 Å². The van der Waals surface area contributed by atoms with Crippen molar-refractivity contribution in [2.45, 2.75) is 4.90 Å². The average Bonchev–Trinajstić information content (AvgIpc) is 2.62. The number of halogens is 3. The fourth-order valence-electron chi connectivity index (χ4n) is 2.78. The molecule has 0 bridgehead atoms. The number of piperazine rings is 1. The van der Waals surface area contributed by atoms with Gasteiger partial charge in [0.05, 0.1) is 15.6 Å². The third-order valence-electron chi connectivity index (χ3n) is 4.16. The van der Waals surface area contributed by atoms with Crippen LogP contribution in [0.15, 0.2) is 47.4 Å². The number of amides is 1. The summed E-state index contributed by atoms with van der Waals surface area (Å²) in [6, 6.07) is 10.2. The summed E-state index contributed by atoms with van der Waals surface area (Å²) in [5, 5.41) is 0.172. The number of hydrogen-bond donors (Lipinski definition) is 0. The number of carbonyl (C=O) groups is 1. The highest BCUT2D eigenvalue weighted by Gasteiger charge is 2.32. The predicted octanol–water partition coefficient (Wildman–Crippen LogP) is 3.28. The summed E-state index contributed by atoms with van der Waals surface area (Å²) >= 11 is 11.9. The van der Waals surface area contributed by atoms with Crippen molar-refractivity contribution in [3.05, 3.63) is 63.9 Å². The first-order valence-electron chi connectivity index (χ1n) is 7.80. The van der Waals surface area contributed by atoms with E-state index >= 15 is 0 Å². The van der Waals surface area contributed by atoms with Crippen LogP contribution in [0.25, 0.3) is 0 Å². The number of hydrogen-bond acceptors (Lipinski definition) is 3. The molecule has 0 atom stereocenters. The third kappa shape index (κ3) is 3.57. The minimum Gasteiger partial charge on any atom is -0.336 e. The fraction of sp³-hybridized carbons (Fsp3) is 0.235. The molecule has 1 aliphatic heterocycles. The van der Waals surface area contributed by atoms with Crippen LogP contribution < -0.4 is 0 Å². The molecule has 5 nitrogen and oxygen atoms in total. The lowest BCUT2D eigenvalue weighted by Crippen LogP contribution is -2.50. The Morgan fingerprint density at radius 1 is 0.923 bits per heavy atom. The summed E-state index contributed by atoms with van der Waals surface area (Å²) in [6.07, 6.45) is 0. The highest BCUT2D eigenvalue weighted by atomic mass is 35.5. The fourth-order valence-corrected chi connectivity index (χ4v) is 4.94. The Kier molecular flexibility index (Phi) is 5.53. The van der Waals surface area contributed by atoms with E-state index in [0.717, 1.165) is 6.07 Å². The molecule has 1 fully saturated rings. The number of rotatable bonds is 3. The Morgan fingerprint density at radius 3 is 2.15 bits per heavy atom. The number of nitrogens with zero attached hydrogens (tertiary/aromatic N) is 2. The molecule has 0 aromatic heterocycles. The van der Waals surface area contributed by atoms with Crippen molar-refractivity contribution in [1.29, 1.82) is 0 Å². The first-order valence-corrected chi connectivity index (χ1v) is 10.00. The Labute approximate surface area is 161 Å². The van der Waals surface area contributed by atoms with Crippen LogP contribution in [0.5, 0.6) is 0 Å². The maximum Gasteiger partial charge on any atom is 0.258 e. The second kappa shape index (κ2) is 7.52. The van der Waals surface area contributed by atoms with Gasteiger partial charge in [-0.1, -0.05) is 41.4 Å². The summed E-state index contributed by atoms with van der Waals surface area (Å²) in [5.41, 5.74) is -0.198. The maximum absolute atomic E-state index is 13.9. The molecule has 0 N–H and O–H groups in total. The van der Waals surface area contributed by atoms with Gasteiger partial charge in [0.2, 0.25) is 10.0 Å². The molecule has 1 amide bonds. The first kappa shape index (κ1) is 19.1. The van der Waals surface area contributed by atoms with Gasteiger partial charge in [-0.05, 0) is 24.3 Å². The summed E-state index contributed by atoms with van der Waals surface area (Å²) < 4.78 is 40.6. The Balaban J connectivity index is 1.75. The van der Waals surface area contributed by atoms with Crippen LogP contribution in [-0.4, -0.2) is 49.7 Å². The molecule has 2 aromatic rings. The van der Waals surface area contributed by atoms with E-state index in [4.69, 9.17) is 23.2 Å². The summed E-state index contributed by atoms with van der Waals surface area (Å²) in [5.74, 6) is -1.25. The van der Waals surface area contributed by atoms with Crippen LogP contribution in [0.3, 0.4) is 0 Å². The molecule has 1 heterocycles. The van der Waals surface area contributed by atoms with E-state index in [1.165, 1.54) is 33.5 Å². The van der Waals surface area contributed by atoms with E-state index in [1.54, 1.807) is 12.1 Å². The lowest BCUT2D eigenvalue weighted by molar-refractivity contribution is 0.0693. The van der Waals surface area contributed by atoms with Crippen LogP contribution in [0, 0.1) is 5.82 Å². The Hall–Kier alpha value is -1.67. The predicted molar refractivity (Wildman–Crippen MR) is 97.5 cm³/mol. The molecule has 3 rings (SSSR count). The minimum atomic E-state index is -3.76. The lowest BCUT2D eigenvalue weighted by atomic mass is 10.1. The third-order valence-corrected chi connectivity index (χ3v) is 6.87. The van der Waals surface area contributed by atoms with Gasteiger partial charge < -0.3 is 4.90 Å². The average molecular weight is 417 g/mol. The minimum absolute atomic E-state index is 0.0265. The lowest BCUT2D eigenvalue weighted by Gasteiger charge is -2.34. The van der Waals surface area contributed by atoms with E-state index < -0.39 is 21.7 Å². The van der Waals surface area contributed by atoms with E-state index in [-0.39, 0.29) is 46.7 Å². The van der Waals surface area contributed by atoms with Gasteiger partial charge in [0.1, 0.15) is 10.7 Å². The molecule has 26 heavy (non-hydrogen) atoms. The van der Waals surface area contributed by atoms with E-state index in [1.807, 2.05) is 0 Å². The summed E-state index contributed by atoms with van der Waals surface area (Å²) in [7, 11) is -3.76. The van der Waals surface area contributed by atoms with Crippen LogP contribution in [0.1, 0.15) is 10.4 Å². The second-order valence-electron chi connectivity index (χ2n) is 5.72. The quantitative estimate of drug-likeness (QED) is 0.771. The van der Waals surface area contributed by atoms with Gasteiger partial charge in [-0.25, -0.2) is 12.8 Å². The molecule has 9 heteroatoms. The van der Waals surface area contributed by atoms with Gasteiger partial charge in [0.25, 0.3) is 5.91 Å². The van der Waals surface area contributed by atoms with Crippen LogP contribution in [0.2, 0.25) is 10.0 Å². The van der Waals surface area contributed by atoms with Crippen molar-refractivity contribution in [1.82, 2.24) is 9.21 Å². The molecular formula is C17H15Cl2FN2O3S. The van der Waals surface area contributed by atoms with Gasteiger partial charge in [-0.2, -0.15) is 4.31 Å². The molecule has 138 valence electrons. The molecular weight excluding hydrogens is 402 g/mol. The number of carbonyl (C=O) groups excluding carboxylic acids is 1. The van der Waals surface area contributed by atoms with Gasteiger partial charge in [-0.3, -0.25) is 4.79 Å². The highest BCUT2D eigenvalue weighted by molar-refractivity contribution is 7.89. The van der Waals surface area contributed by atoms with Crippen molar-refractivity contribution in [3.8, 4) is 0 Å². The zero-order valence-corrected chi connectivity index (χ0v) is 15.9. The Bertz CT molecular complexity index is 925. The Morgan fingerprint density at radius 2 is 1.54 bits per heavy atom. The summed E-state index contributed by atoms with van der Waals surface area (Å²) in [6.45, 7) is 0.442. The van der Waals surface area contributed by atoms with Crippen molar-refractivity contribution in [3.63, 3.8) is 0 Å². The van der Waals surface area contributed by atoms with Gasteiger partial charge >= 0.3 is 0 Å². The standard InChI is InChI=1S/C17H15Cl2FN2O3S/c18-12-4-1-2-7-15(12)26(24,25)22-10-8-21(9-11-22)17(23)16-13(19)5-3-6-14(16)20/h1-7H,8-11H2. The smallest absolute Gasteiger partial charge is 0.258 e. The highest BCUT2D eigenvalue weighted by Crippen LogP contribution is 2.26. The SMILES string of the molecule is O=C(c1c(F)cccc1Cl)N1CCN(S(=O)(=O)c2ccccc2Cl)CC1. The monoisotopic (exact) mass is 416 g/mol. The van der Waals surface area contributed by atoms with Crippen LogP contribution >= 0.6 is 23.2 Å². The van der Waals surface area contributed by atoms with E-state index in [0.29, 0.717) is 0 Å². The van der Waals surface area contributed by atoms with Crippen molar-refractivity contribution in [2.75, 3.05) is 26.2 Å². The largest absolute Gasteiger partial charge is 0.336 e. The molecule has 0 radical (unpaired) electrons. The molecule has 1 aliphatic rings. The maximum atomic E-state index is 13.9. The van der Waals surface area contributed by atoms with Gasteiger partial charge in [-0.15, -0.1) is 0 Å². The zero-order chi connectivity index (χ0) is 18.9. The van der Waals surface area contributed by atoms with Crippen LogP contribution in [-0.2, 0) is 10.0 Å². The van der Waals surface area contributed by atoms with Crippen molar-refractivity contribution in [2.24, 2.45) is 0 Å². The van der Waals surface area contributed by atoms with E-state index in [2.05, 4.69) is 0 Å². The molecule has 1 saturated heterocycles. The zero-order valence-electron chi connectivity index (χ0n) is 13.5. The molecule has 0 aliphatic carbocycles.